The molecule has 0 saturated heterocycles. The van der Waals surface area contributed by atoms with E-state index in [1.54, 1.807) is 4.68 Å². The highest BCUT2D eigenvalue weighted by Gasteiger charge is 2.07. The van der Waals surface area contributed by atoms with E-state index in [9.17, 15) is 4.79 Å². The van der Waals surface area contributed by atoms with E-state index < -0.39 is 0 Å². The number of amides is 1. The standard InChI is InChI=1S/C9H13N7OS2/c1-16-6(12-5-13-16)2-3-11-7(17)4-18-9-15-14-8(10)19-9/h5H,2-4H2,1H3,(H2,10,14)(H,11,17). The summed E-state index contributed by atoms with van der Waals surface area (Å²) in [5.74, 6) is 1.08. The van der Waals surface area contributed by atoms with Crippen molar-refractivity contribution < 1.29 is 4.79 Å². The van der Waals surface area contributed by atoms with Gasteiger partial charge in [-0.1, -0.05) is 23.1 Å². The Morgan fingerprint density at radius 1 is 1.58 bits per heavy atom. The van der Waals surface area contributed by atoms with Gasteiger partial charge in [0.25, 0.3) is 0 Å². The molecule has 102 valence electrons. The third kappa shape index (κ3) is 4.17. The zero-order valence-electron chi connectivity index (χ0n) is 10.2. The first-order chi connectivity index (χ1) is 9.15. The number of hydrogen-bond donors (Lipinski definition) is 2. The second-order valence-corrected chi connectivity index (χ2v) is 5.83. The molecule has 2 rings (SSSR count). The fourth-order valence-corrected chi connectivity index (χ4v) is 2.78. The van der Waals surface area contributed by atoms with Gasteiger partial charge in [-0.15, -0.1) is 10.2 Å². The van der Waals surface area contributed by atoms with Crippen molar-refractivity contribution in [1.29, 1.82) is 0 Å². The number of nitrogen functional groups attached to an aromatic ring is 1. The highest BCUT2D eigenvalue weighted by atomic mass is 32.2. The fourth-order valence-electron chi connectivity index (χ4n) is 1.32. The maximum absolute atomic E-state index is 11.6. The molecule has 0 bridgehead atoms. The van der Waals surface area contributed by atoms with E-state index >= 15 is 0 Å². The summed E-state index contributed by atoms with van der Waals surface area (Å²) in [7, 11) is 1.82. The lowest BCUT2D eigenvalue weighted by atomic mass is 10.4. The molecule has 0 fully saturated rings. The van der Waals surface area contributed by atoms with E-state index in [2.05, 4.69) is 25.6 Å². The maximum Gasteiger partial charge on any atom is 0.230 e. The Labute approximate surface area is 117 Å². The third-order valence-electron chi connectivity index (χ3n) is 2.22. The first-order valence-electron chi connectivity index (χ1n) is 5.46. The molecule has 0 aromatic carbocycles. The third-order valence-corrected chi connectivity index (χ3v) is 4.11. The van der Waals surface area contributed by atoms with E-state index in [4.69, 9.17) is 5.73 Å². The van der Waals surface area contributed by atoms with Crippen molar-refractivity contribution in [3.8, 4) is 0 Å². The Bertz CT molecular complexity index is 552. The van der Waals surface area contributed by atoms with Gasteiger partial charge in [0.1, 0.15) is 12.2 Å². The summed E-state index contributed by atoms with van der Waals surface area (Å²) in [6.45, 7) is 0.532. The molecular weight excluding hydrogens is 286 g/mol. The van der Waals surface area contributed by atoms with Gasteiger partial charge >= 0.3 is 0 Å². The monoisotopic (exact) mass is 299 g/mol. The van der Waals surface area contributed by atoms with Crippen LogP contribution in [0, 0.1) is 0 Å². The summed E-state index contributed by atoms with van der Waals surface area (Å²) in [5, 5.41) is 14.7. The topological polar surface area (TPSA) is 112 Å². The average Bonchev–Trinajstić information content (AvgIpc) is 2.96. The van der Waals surface area contributed by atoms with Crippen LogP contribution in [0.4, 0.5) is 5.13 Å². The molecule has 2 heterocycles. The van der Waals surface area contributed by atoms with Gasteiger partial charge in [0.05, 0.1) is 5.75 Å². The predicted octanol–water partition coefficient (Wildman–Crippen LogP) is -0.300. The molecule has 0 aliphatic carbocycles. The number of carbonyl (C=O) groups is 1. The maximum atomic E-state index is 11.6. The van der Waals surface area contributed by atoms with Crippen LogP contribution in [-0.4, -0.2) is 43.2 Å². The summed E-state index contributed by atoms with van der Waals surface area (Å²) >= 11 is 2.59. The van der Waals surface area contributed by atoms with Crippen molar-refractivity contribution in [2.24, 2.45) is 7.05 Å². The summed E-state index contributed by atoms with van der Waals surface area (Å²) in [5.41, 5.74) is 5.45. The Morgan fingerprint density at radius 2 is 2.42 bits per heavy atom. The molecular formula is C9H13N7OS2. The lowest BCUT2D eigenvalue weighted by Crippen LogP contribution is -2.27. The zero-order chi connectivity index (χ0) is 13.7. The number of nitrogens with one attached hydrogen (secondary N) is 1. The van der Waals surface area contributed by atoms with Crippen LogP contribution in [0.1, 0.15) is 5.82 Å². The molecule has 1 amide bonds. The van der Waals surface area contributed by atoms with Crippen molar-refractivity contribution in [1.82, 2.24) is 30.3 Å². The van der Waals surface area contributed by atoms with E-state index in [0.29, 0.717) is 28.2 Å². The molecule has 0 unspecified atom stereocenters. The summed E-state index contributed by atoms with van der Waals surface area (Å²) in [6, 6.07) is 0. The number of anilines is 1. The molecule has 0 aliphatic rings. The van der Waals surface area contributed by atoms with Crippen molar-refractivity contribution in [2.45, 2.75) is 10.8 Å². The minimum absolute atomic E-state index is 0.0547. The molecule has 0 saturated carbocycles. The lowest BCUT2D eigenvalue weighted by molar-refractivity contribution is -0.118. The smallest absolute Gasteiger partial charge is 0.230 e. The van der Waals surface area contributed by atoms with Crippen LogP contribution >= 0.6 is 23.1 Å². The van der Waals surface area contributed by atoms with Crippen LogP contribution in [0.3, 0.4) is 0 Å². The molecule has 2 aromatic heterocycles. The van der Waals surface area contributed by atoms with E-state index in [1.165, 1.54) is 29.4 Å². The van der Waals surface area contributed by atoms with Gasteiger partial charge in [-0.3, -0.25) is 9.48 Å². The summed E-state index contributed by atoms with van der Waals surface area (Å²) in [6.07, 6.45) is 2.14. The highest BCUT2D eigenvalue weighted by Crippen LogP contribution is 2.22. The van der Waals surface area contributed by atoms with Gasteiger partial charge in [-0.05, 0) is 0 Å². The lowest BCUT2D eigenvalue weighted by Gasteiger charge is -2.03. The van der Waals surface area contributed by atoms with Crippen LogP contribution in [0.15, 0.2) is 10.7 Å². The minimum atomic E-state index is -0.0547. The Morgan fingerprint density at radius 3 is 3.05 bits per heavy atom. The molecule has 3 N–H and O–H groups in total. The van der Waals surface area contributed by atoms with Crippen molar-refractivity contribution >= 4 is 34.1 Å². The molecule has 0 radical (unpaired) electrons. The van der Waals surface area contributed by atoms with Crippen LogP contribution in [-0.2, 0) is 18.3 Å². The van der Waals surface area contributed by atoms with Gasteiger partial charge < -0.3 is 11.1 Å². The van der Waals surface area contributed by atoms with Gasteiger partial charge in [0, 0.05) is 20.0 Å². The zero-order valence-corrected chi connectivity index (χ0v) is 11.9. The second kappa shape index (κ2) is 6.48. The number of nitrogens with two attached hydrogens (primary N) is 1. The first kappa shape index (κ1) is 13.7. The Balaban J connectivity index is 1.66. The van der Waals surface area contributed by atoms with Gasteiger partial charge in [0.15, 0.2) is 4.34 Å². The van der Waals surface area contributed by atoms with Gasteiger partial charge in [0.2, 0.25) is 11.0 Å². The first-order valence-corrected chi connectivity index (χ1v) is 7.26. The molecule has 8 nitrogen and oxygen atoms in total. The van der Waals surface area contributed by atoms with Gasteiger partial charge in [-0.2, -0.15) is 5.10 Å². The summed E-state index contributed by atoms with van der Waals surface area (Å²) in [4.78, 5) is 15.7. The summed E-state index contributed by atoms with van der Waals surface area (Å²) < 4.78 is 2.38. The molecule has 0 atom stereocenters. The van der Waals surface area contributed by atoms with Crippen molar-refractivity contribution in [3.63, 3.8) is 0 Å². The normalized spacial score (nSPS) is 10.6. The van der Waals surface area contributed by atoms with Crippen molar-refractivity contribution in [2.75, 3.05) is 18.0 Å². The Hall–Kier alpha value is -1.68. The van der Waals surface area contributed by atoms with Crippen LogP contribution in [0.5, 0.6) is 0 Å². The fraction of sp³-hybridized carbons (Fsp3) is 0.444. The van der Waals surface area contributed by atoms with E-state index in [1.807, 2.05) is 7.05 Å². The molecule has 19 heavy (non-hydrogen) atoms. The number of aryl methyl sites for hydroxylation is 1. The van der Waals surface area contributed by atoms with E-state index in [0.717, 1.165) is 5.82 Å². The number of rotatable bonds is 6. The highest BCUT2D eigenvalue weighted by molar-refractivity contribution is 8.01. The number of thioether (sulfide) groups is 1. The Kier molecular flexibility index (Phi) is 4.68. The van der Waals surface area contributed by atoms with Crippen molar-refractivity contribution in [3.05, 3.63) is 12.2 Å². The number of carbonyl (C=O) groups excluding carboxylic acids is 1. The van der Waals surface area contributed by atoms with Gasteiger partial charge in [-0.25, -0.2) is 4.98 Å². The molecule has 10 heteroatoms. The SMILES string of the molecule is Cn1ncnc1CCNC(=O)CSc1nnc(N)s1. The van der Waals surface area contributed by atoms with Crippen LogP contribution in [0.2, 0.25) is 0 Å². The van der Waals surface area contributed by atoms with Crippen LogP contribution in [0.25, 0.3) is 0 Å². The minimum Gasteiger partial charge on any atom is -0.374 e. The van der Waals surface area contributed by atoms with E-state index in [-0.39, 0.29) is 5.91 Å². The number of nitrogens with zero attached hydrogens (tertiary/aromatic N) is 5. The van der Waals surface area contributed by atoms with Crippen LogP contribution < -0.4 is 11.1 Å². The molecule has 2 aromatic rings. The second-order valence-electron chi connectivity index (χ2n) is 3.59. The predicted molar refractivity (Wildman–Crippen MR) is 72.8 cm³/mol. The number of hydrogen-bond acceptors (Lipinski definition) is 8. The number of aromatic nitrogens is 5. The average molecular weight is 299 g/mol. The quantitative estimate of drug-likeness (QED) is 0.704. The largest absolute Gasteiger partial charge is 0.374 e. The molecule has 0 aliphatic heterocycles. The molecule has 0 spiro atoms.